The Labute approximate surface area is 79.4 Å². The SMILES string of the molecule is Nc1nncc2cnccc12.O=CO. The lowest BCUT2D eigenvalue weighted by Crippen LogP contribution is -1.93. The smallest absolute Gasteiger partial charge is 0.290 e. The van der Waals surface area contributed by atoms with Crippen LogP contribution in [0.3, 0.4) is 0 Å². The second kappa shape index (κ2) is 4.70. The van der Waals surface area contributed by atoms with Gasteiger partial charge >= 0.3 is 0 Å². The predicted octanol–water partition coefficient (Wildman–Crippen LogP) is 0.308. The molecule has 0 saturated heterocycles. The van der Waals surface area contributed by atoms with E-state index in [1.54, 1.807) is 18.6 Å². The van der Waals surface area contributed by atoms with Gasteiger partial charge in [-0.2, -0.15) is 5.10 Å². The fourth-order valence-corrected chi connectivity index (χ4v) is 0.950. The molecule has 0 aliphatic rings. The molecule has 0 aliphatic carbocycles. The fourth-order valence-electron chi connectivity index (χ4n) is 0.950. The van der Waals surface area contributed by atoms with Crippen LogP contribution in [0.4, 0.5) is 5.82 Å². The van der Waals surface area contributed by atoms with Crippen LogP contribution in [0.2, 0.25) is 0 Å². The van der Waals surface area contributed by atoms with Gasteiger partial charge in [-0.05, 0) is 6.07 Å². The van der Waals surface area contributed by atoms with E-state index in [-0.39, 0.29) is 6.47 Å². The van der Waals surface area contributed by atoms with E-state index >= 15 is 0 Å². The minimum absolute atomic E-state index is 0.250. The van der Waals surface area contributed by atoms with Crippen LogP contribution < -0.4 is 5.73 Å². The number of hydrogen-bond acceptors (Lipinski definition) is 5. The third kappa shape index (κ3) is 2.13. The Morgan fingerprint density at radius 1 is 1.43 bits per heavy atom. The van der Waals surface area contributed by atoms with E-state index in [1.807, 2.05) is 6.07 Å². The van der Waals surface area contributed by atoms with Crippen LogP contribution in [-0.4, -0.2) is 26.8 Å². The molecule has 2 rings (SSSR count). The maximum absolute atomic E-state index is 8.36. The lowest BCUT2D eigenvalue weighted by atomic mass is 10.2. The summed E-state index contributed by atoms with van der Waals surface area (Å²) >= 11 is 0. The van der Waals surface area contributed by atoms with Crippen molar-refractivity contribution in [3.8, 4) is 0 Å². The van der Waals surface area contributed by atoms with Gasteiger partial charge in [-0.3, -0.25) is 9.78 Å². The van der Waals surface area contributed by atoms with Gasteiger partial charge in [-0.25, -0.2) is 0 Å². The second-order valence-corrected chi connectivity index (χ2v) is 2.30. The van der Waals surface area contributed by atoms with Gasteiger partial charge in [0.05, 0.1) is 6.20 Å². The lowest BCUT2D eigenvalue weighted by Gasteiger charge is -1.96. The van der Waals surface area contributed by atoms with Crippen molar-refractivity contribution in [1.29, 1.82) is 0 Å². The van der Waals surface area contributed by atoms with Crippen molar-refractivity contribution in [1.82, 2.24) is 15.2 Å². The summed E-state index contributed by atoms with van der Waals surface area (Å²) in [5.41, 5.74) is 5.55. The number of rotatable bonds is 0. The van der Waals surface area contributed by atoms with Gasteiger partial charge in [0, 0.05) is 23.2 Å². The standard InChI is InChI=1S/C7H6N4.CH2O2/c8-7-6-1-2-9-3-5(6)4-10-11-7;2-1-3/h1-4H,(H2,8,11);1H,(H,2,3). The molecule has 0 unspecified atom stereocenters. The molecular formula is C8H8N4O2. The zero-order chi connectivity index (χ0) is 10.4. The van der Waals surface area contributed by atoms with Crippen LogP contribution in [0.1, 0.15) is 0 Å². The highest BCUT2D eigenvalue weighted by Crippen LogP contribution is 2.14. The quantitative estimate of drug-likeness (QED) is 0.582. The first-order valence-corrected chi connectivity index (χ1v) is 3.68. The molecule has 3 N–H and O–H groups in total. The topological polar surface area (TPSA) is 102 Å². The number of hydrogen-bond donors (Lipinski definition) is 2. The first-order chi connectivity index (χ1) is 6.79. The maximum atomic E-state index is 8.36. The Morgan fingerprint density at radius 3 is 2.79 bits per heavy atom. The molecule has 6 heteroatoms. The molecule has 72 valence electrons. The summed E-state index contributed by atoms with van der Waals surface area (Å²) in [5.74, 6) is 0.449. The maximum Gasteiger partial charge on any atom is 0.290 e. The average Bonchev–Trinajstić information content (AvgIpc) is 2.20. The van der Waals surface area contributed by atoms with E-state index in [0.29, 0.717) is 5.82 Å². The summed E-state index contributed by atoms with van der Waals surface area (Å²) in [4.78, 5) is 12.3. The van der Waals surface area contributed by atoms with Gasteiger partial charge < -0.3 is 10.8 Å². The Balaban J connectivity index is 0.000000293. The molecule has 2 aromatic rings. The molecule has 2 aromatic heterocycles. The minimum Gasteiger partial charge on any atom is -0.483 e. The molecular weight excluding hydrogens is 184 g/mol. The summed E-state index contributed by atoms with van der Waals surface area (Å²) < 4.78 is 0. The zero-order valence-corrected chi connectivity index (χ0v) is 7.16. The van der Waals surface area contributed by atoms with E-state index in [0.717, 1.165) is 10.8 Å². The molecule has 0 aromatic carbocycles. The molecule has 0 amide bonds. The number of pyridine rings is 1. The average molecular weight is 192 g/mol. The molecule has 0 radical (unpaired) electrons. The molecule has 0 bridgehead atoms. The Morgan fingerprint density at radius 2 is 2.14 bits per heavy atom. The summed E-state index contributed by atoms with van der Waals surface area (Å²) in [6.07, 6.45) is 5.03. The molecule has 0 saturated carbocycles. The number of carbonyl (C=O) groups is 1. The van der Waals surface area contributed by atoms with E-state index in [4.69, 9.17) is 15.6 Å². The van der Waals surface area contributed by atoms with Gasteiger partial charge in [-0.15, -0.1) is 5.10 Å². The van der Waals surface area contributed by atoms with Crippen LogP contribution in [0.5, 0.6) is 0 Å². The highest BCUT2D eigenvalue weighted by molar-refractivity contribution is 5.88. The molecule has 0 fully saturated rings. The Hall–Kier alpha value is -2.24. The van der Waals surface area contributed by atoms with Gasteiger partial charge in [0.1, 0.15) is 0 Å². The predicted molar refractivity (Wildman–Crippen MR) is 50.4 cm³/mol. The van der Waals surface area contributed by atoms with E-state index in [1.165, 1.54) is 0 Å². The monoisotopic (exact) mass is 192 g/mol. The number of nitrogens with zero attached hydrogens (tertiary/aromatic N) is 3. The van der Waals surface area contributed by atoms with Crippen LogP contribution in [-0.2, 0) is 4.79 Å². The highest BCUT2D eigenvalue weighted by Gasteiger charge is 1.96. The highest BCUT2D eigenvalue weighted by atomic mass is 16.3. The third-order valence-electron chi connectivity index (χ3n) is 1.49. The Bertz CT molecular complexity index is 427. The summed E-state index contributed by atoms with van der Waals surface area (Å²) in [6, 6.07) is 1.82. The van der Waals surface area contributed by atoms with Gasteiger partial charge in [0.15, 0.2) is 5.82 Å². The van der Waals surface area contributed by atoms with Crippen LogP contribution >= 0.6 is 0 Å². The van der Waals surface area contributed by atoms with Crippen molar-refractivity contribution in [3.63, 3.8) is 0 Å². The van der Waals surface area contributed by atoms with E-state index < -0.39 is 0 Å². The molecule has 0 aliphatic heterocycles. The number of nitrogen functional groups attached to an aromatic ring is 1. The second-order valence-electron chi connectivity index (χ2n) is 2.30. The summed E-state index contributed by atoms with van der Waals surface area (Å²) in [5, 5.41) is 16.1. The fraction of sp³-hybridized carbons (Fsp3) is 0. The van der Waals surface area contributed by atoms with Gasteiger partial charge in [0.25, 0.3) is 6.47 Å². The number of aromatic nitrogens is 3. The minimum atomic E-state index is -0.250. The van der Waals surface area contributed by atoms with Crippen molar-refractivity contribution >= 4 is 23.1 Å². The molecule has 2 heterocycles. The first-order valence-electron chi connectivity index (χ1n) is 3.68. The molecule has 6 nitrogen and oxygen atoms in total. The van der Waals surface area contributed by atoms with Crippen molar-refractivity contribution < 1.29 is 9.90 Å². The van der Waals surface area contributed by atoms with Crippen LogP contribution in [0.15, 0.2) is 24.7 Å². The molecule has 0 atom stereocenters. The summed E-state index contributed by atoms with van der Waals surface area (Å²) in [7, 11) is 0. The zero-order valence-electron chi connectivity index (χ0n) is 7.16. The Kier molecular flexibility index (Phi) is 3.31. The largest absolute Gasteiger partial charge is 0.483 e. The van der Waals surface area contributed by atoms with Crippen LogP contribution in [0, 0.1) is 0 Å². The van der Waals surface area contributed by atoms with Crippen molar-refractivity contribution in [2.75, 3.05) is 5.73 Å². The van der Waals surface area contributed by atoms with Gasteiger partial charge in [-0.1, -0.05) is 0 Å². The van der Waals surface area contributed by atoms with Crippen molar-refractivity contribution in [2.45, 2.75) is 0 Å². The first kappa shape index (κ1) is 9.85. The number of fused-ring (bicyclic) bond motifs is 1. The number of anilines is 1. The normalized spacial score (nSPS) is 8.86. The number of carboxylic acid groups (broad SMARTS) is 1. The molecule has 14 heavy (non-hydrogen) atoms. The number of nitrogens with two attached hydrogens (primary N) is 1. The third-order valence-corrected chi connectivity index (χ3v) is 1.49. The molecule has 0 spiro atoms. The van der Waals surface area contributed by atoms with Crippen molar-refractivity contribution in [3.05, 3.63) is 24.7 Å². The van der Waals surface area contributed by atoms with Crippen molar-refractivity contribution in [2.24, 2.45) is 0 Å². The summed E-state index contributed by atoms with van der Waals surface area (Å²) in [6.45, 7) is -0.250. The van der Waals surface area contributed by atoms with E-state index in [2.05, 4.69) is 15.2 Å². The van der Waals surface area contributed by atoms with E-state index in [9.17, 15) is 0 Å². The lowest BCUT2D eigenvalue weighted by molar-refractivity contribution is -0.122. The van der Waals surface area contributed by atoms with Crippen LogP contribution in [0.25, 0.3) is 10.8 Å². The van der Waals surface area contributed by atoms with Gasteiger partial charge in [0.2, 0.25) is 0 Å².